The maximum atomic E-state index is 12.9. The summed E-state index contributed by atoms with van der Waals surface area (Å²) >= 11 is 6.63. The first-order chi connectivity index (χ1) is 15.2. The first-order valence-corrected chi connectivity index (χ1v) is 11.6. The molecule has 1 saturated heterocycles. The molecular formula is C27H30ClN3O. The van der Waals surface area contributed by atoms with E-state index in [0.717, 1.165) is 54.1 Å². The zero-order valence-corrected chi connectivity index (χ0v) is 20.0. The van der Waals surface area contributed by atoms with Crippen LogP contribution in [0, 0.1) is 5.92 Å². The first-order valence-electron chi connectivity index (χ1n) is 11.3. The molecule has 4 nitrogen and oxygen atoms in total. The van der Waals surface area contributed by atoms with Crippen molar-refractivity contribution in [2.75, 3.05) is 13.1 Å². The smallest absolute Gasteiger partial charge is 0.253 e. The molecule has 2 aromatic heterocycles. The number of aromatic nitrogens is 2. The second kappa shape index (κ2) is 9.03. The summed E-state index contributed by atoms with van der Waals surface area (Å²) in [5, 5.41) is 0.538. The van der Waals surface area contributed by atoms with Gasteiger partial charge in [0.1, 0.15) is 0 Å². The fourth-order valence-electron chi connectivity index (χ4n) is 4.00. The number of hydrogen-bond acceptors (Lipinski definition) is 3. The Balaban J connectivity index is 1.60. The van der Waals surface area contributed by atoms with Crippen LogP contribution < -0.4 is 0 Å². The molecule has 4 rings (SSSR count). The van der Waals surface area contributed by atoms with E-state index in [1.54, 1.807) is 6.07 Å². The van der Waals surface area contributed by atoms with E-state index in [1.807, 2.05) is 47.5 Å². The highest BCUT2D eigenvalue weighted by molar-refractivity contribution is 6.33. The molecule has 1 aliphatic heterocycles. The Morgan fingerprint density at radius 1 is 1.03 bits per heavy atom. The Hall–Kier alpha value is -2.72. The lowest BCUT2D eigenvalue weighted by atomic mass is 9.90. The Kier molecular flexibility index (Phi) is 6.34. The van der Waals surface area contributed by atoms with E-state index in [2.05, 4.69) is 38.7 Å². The standard InChI is InChI=1S/C27H30ClN3O/c1-18-11-14-31(15-12-18)26(32)20-8-9-21(22(28)16-20)24-7-5-6-23(30-24)19-10-13-29-25(17-19)27(2,3)4/h5-10,13,16-18H,11-12,14-15H2,1-4H3. The molecule has 166 valence electrons. The summed E-state index contributed by atoms with van der Waals surface area (Å²) in [5.41, 5.74) is 5.12. The van der Waals surface area contributed by atoms with Gasteiger partial charge in [-0.2, -0.15) is 0 Å². The molecule has 1 amide bonds. The molecule has 0 unspecified atom stereocenters. The molecule has 1 fully saturated rings. The molecule has 0 saturated carbocycles. The largest absolute Gasteiger partial charge is 0.339 e. The molecule has 3 aromatic rings. The highest BCUT2D eigenvalue weighted by Gasteiger charge is 2.22. The lowest BCUT2D eigenvalue weighted by Crippen LogP contribution is -2.37. The van der Waals surface area contributed by atoms with E-state index in [1.165, 1.54) is 0 Å². The van der Waals surface area contributed by atoms with Crippen molar-refractivity contribution in [2.45, 2.75) is 46.0 Å². The van der Waals surface area contributed by atoms with Gasteiger partial charge in [0.2, 0.25) is 0 Å². The lowest BCUT2D eigenvalue weighted by Gasteiger charge is -2.30. The number of piperidine rings is 1. The number of hydrogen-bond donors (Lipinski definition) is 0. The normalized spacial score (nSPS) is 15.1. The monoisotopic (exact) mass is 447 g/mol. The molecule has 0 spiro atoms. The van der Waals surface area contributed by atoms with Gasteiger partial charge in [-0.15, -0.1) is 0 Å². The average molecular weight is 448 g/mol. The molecule has 1 aliphatic rings. The van der Waals surface area contributed by atoms with Gasteiger partial charge >= 0.3 is 0 Å². The number of pyridine rings is 2. The number of amides is 1. The van der Waals surface area contributed by atoms with E-state index in [9.17, 15) is 4.79 Å². The Morgan fingerprint density at radius 3 is 2.44 bits per heavy atom. The molecule has 0 bridgehead atoms. The number of halogens is 1. The van der Waals surface area contributed by atoms with Crippen molar-refractivity contribution in [1.82, 2.24) is 14.9 Å². The lowest BCUT2D eigenvalue weighted by molar-refractivity contribution is 0.0697. The van der Waals surface area contributed by atoms with Gasteiger partial charge in [-0.25, -0.2) is 4.98 Å². The summed E-state index contributed by atoms with van der Waals surface area (Å²) in [6.45, 7) is 10.3. The predicted octanol–water partition coefficient (Wildman–Crippen LogP) is 6.63. The van der Waals surface area contributed by atoms with Crippen molar-refractivity contribution in [3.05, 3.63) is 71.0 Å². The molecule has 0 N–H and O–H groups in total. The molecular weight excluding hydrogens is 418 g/mol. The van der Waals surface area contributed by atoms with Crippen LogP contribution in [0.25, 0.3) is 22.5 Å². The fourth-order valence-corrected chi connectivity index (χ4v) is 4.27. The number of nitrogens with zero attached hydrogens (tertiary/aromatic N) is 3. The maximum Gasteiger partial charge on any atom is 0.253 e. The third-order valence-electron chi connectivity index (χ3n) is 6.14. The minimum Gasteiger partial charge on any atom is -0.339 e. The van der Waals surface area contributed by atoms with E-state index in [4.69, 9.17) is 16.6 Å². The second-order valence-electron chi connectivity index (χ2n) is 9.76. The van der Waals surface area contributed by atoms with Gasteiger partial charge in [0.25, 0.3) is 5.91 Å². The molecule has 0 radical (unpaired) electrons. The Morgan fingerprint density at radius 2 is 1.75 bits per heavy atom. The highest BCUT2D eigenvalue weighted by atomic mass is 35.5. The second-order valence-corrected chi connectivity index (χ2v) is 10.2. The van der Waals surface area contributed by atoms with Crippen LogP contribution in [0.5, 0.6) is 0 Å². The number of carbonyl (C=O) groups is 1. The maximum absolute atomic E-state index is 12.9. The van der Waals surface area contributed by atoms with E-state index >= 15 is 0 Å². The molecule has 1 aromatic carbocycles. The van der Waals surface area contributed by atoms with E-state index in [0.29, 0.717) is 16.5 Å². The highest BCUT2D eigenvalue weighted by Crippen LogP contribution is 2.31. The topological polar surface area (TPSA) is 46.1 Å². The van der Waals surface area contributed by atoms with Crippen LogP contribution in [0.1, 0.15) is 56.6 Å². The zero-order valence-electron chi connectivity index (χ0n) is 19.2. The Bertz CT molecular complexity index is 1130. The first kappa shape index (κ1) is 22.5. The van der Waals surface area contributed by atoms with Gasteiger partial charge in [0.05, 0.1) is 16.4 Å². The summed E-state index contributed by atoms with van der Waals surface area (Å²) in [7, 11) is 0. The van der Waals surface area contributed by atoms with Gasteiger partial charge < -0.3 is 4.90 Å². The van der Waals surface area contributed by atoms with E-state index < -0.39 is 0 Å². The number of likely N-dealkylation sites (tertiary alicyclic amines) is 1. The minimum absolute atomic E-state index is 0.0360. The van der Waals surface area contributed by atoms with Crippen molar-refractivity contribution in [2.24, 2.45) is 5.92 Å². The van der Waals surface area contributed by atoms with Crippen molar-refractivity contribution >= 4 is 17.5 Å². The zero-order chi connectivity index (χ0) is 22.9. The van der Waals surface area contributed by atoms with Crippen LogP contribution in [0.4, 0.5) is 0 Å². The molecule has 0 aliphatic carbocycles. The summed E-state index contributed by atoms with van der Waals surface area (Å²) in [6.07, 6.45) is 3.94. The number of benzene rings is 1. The predicted molar refractivity (Wildman–Crippen MR) is 131 cm³/mol. The van der Waals surface area contributed by atoms with Gasteiger partial charge in [-0.05, 0) is 55.2 Å². The van der Waals surface area contributed by atoms with Gasteiger partial charge in [-0.1, -0.05) is 51.4 Å². The van der Waals surface area contributed by atoms with Crippen molar-refractivity contribution in [3.63, 3.8) is 0 Å². The summed E-state index contributed by atoms with van der Waals surface area (Å²) in [4.78, 5) is 24.2. The minimum atomic E-state index is -0.0360. The van der Waals surface area contributed by atoms with Crippen molar-refractivity contribution in [3.8, 4) is 22.5 Å². The van der Waals surface area contributed by atoms with Gasteiger partial charge in [0, 0.05) is 47.1 Å². The van der Waals surface area contributed by atoms with Crippen LogP contribution in [-0.2, 0) is 5.41 Å². The molecule has 5 heteroatoms. The molecule has 0 atom stereocenters. The van der Waals surface area contributed by atoms with Crippen molar-refractivity contribution < 1.29 is 4.79 Å². The van der Waals surface area contributed by atoms with Crippen LogP contribution in [0.2, 0.25) is 5.02 Å². The van der Waals surface area contributed by atoms with Crippen LogP contribution in [-0.4, -0.2) is 33.9 Å². The quantitative estimate of drug-likeness (QED) is 0.452. The van der Waals surface area contributed by atoms with Crippen LogP contribution >= 0.6 is 11.6 Å². The average Bonchev–Trinajstić information content (AvgIpc) is 2.78. The van der Waals surface area contributed by atoms with Crippen molar-refractivity contribution in [1.29, 1.82) is 0 Å². The third kappa shape index (κ3) is 4.86. The summed E-state index contributed by atoms with van der Waals surface area (Å²) in [5.74, 6) is 0.738. The number of rotatable bonds is 3. The molecule has 32 heavy (non-hydrogen) atoms. The van der Waals surface area contributed by atoms with Gasteiger partial charge in [-0.3, -0.25) is 9.78 Å². The fraction of sp³-hybridized carbons (Fsp3) is 0.370. The van der Waals surface area contributed by atoms with E-state index in [-0.39, 0.29) is 11.3 Å². The third-order valence-corrected chi connectivity index (χ3v) is 6.45. The van der Waals surface area contributed by atoms with Crippen LogP contribution in [0.3, 0.4) is 0 Å². The van der Waals surface area contributed by atoms with Crippen LogP contribution in [0.15, 0.2) is 54.7 Å². The summed E-state index contributed by atoms with van der Waals surface area (Å²) < 4.78 is 0. The Labute approximate surface area is 195 Å². The van der Waals surface area contributed by atoms with Gasteiger partial charge in [0.15, 0.2) is 0 Å². The SMILES string of the molecule is CC1CCN(C(=O)c2ccc(-c3cccc(-c4ccnc(C(C)(C)C)c4)n3)c(Cl)c2)CC1. The number of carbonyl (C=O) groups excluding carboxylic acids is 1. The molecule has 3 heterocycles. The summed E-state index contributed by atoms with van der Waals surface area (Å²) in [6, 6.07) is 15.5.